The van der Waals surface area contributed by atoms with Gasteiger partial charge in [-0.15, -0.1) is 24.0 Å². The number of piperazine rings is 1. The summed E-state index contributed by atoms with van der Waals surface area (Å²) in [5, 5.41) is 13.5. The first-order valence-corrected chi connectivity index (χ1v) is 8.80. The number of para-hydroxylation sites is 2. The second kappa shape index (κ2) is 10.3. The first-order chi connectivity index (χ1) is 12.3. The van der Waals surface area contributed by atoms with E-state index in [1.807, 2.05) is 31.3 Å². The molecule has 140 valence electrons. The molecule has 5 nitrogen and oxygen atoms in total. The molecule has 1 aliphatic rings. The minimum absolute atomic E-state index is 0. The van der Waals surface area contributed by atoms with E-state index in [4.69, 9.17) is 0 Å². The van der Waals surface area contributed by atoms with Crippen molar-refractivity contribution in [2.45, 2.75) is 6.42 Å². The van der Waals surface area contributed by atoms with Crippen LogP contribution in [-0.4, -0.2) is 55.7 Å². The molecule has 0 bridgehead atoms. The van der Waals surface area contributed by atoms with Gasteiger partial charge in [-0.05, 0) is 24.1 Å². The molecule has 1 aliphatic heterocycles. The average molecular weight is 466 g/mol. The Morgan fingerprint density at radius 1 is 1.00 bits per heavy atom. The first kappa shape index (κ1) is 20.4. The van der Waals surface area contributed by atoms with Gasteiger partial charge in [0, 0.05) is 39.8 Å². The van der Waals surface area contributed by atoms with Gasteiger partial charge in [-0.2, -0.15) is 0 Å². The molecule has 0 amide bonds. The van der Waals surface area contributed by atoms with Crippen molar-refractivity contribution in [2.24, 2.45) is 4.99 Å². The Labute approximate surface area is 172 Å². The van der Waals surface area contributed by atoms with E-state index in [1.54, 1.807) is 6.07 Å². The largest absolute Gasteiger partial charge is 0.506 e. The molecular formula is C20H27IN4O. The maximum Gasteiger partial charge on any atom is 0.193 e. The minimum atomic E-state index is 0. The van der Waals surface area contributed by atoms with E-state index < -0.39 is 0 Å². The zero-order valence-corrected chi connectivity index (χ0v) is 17.5. The van der Waals surface area contributed by atoms with E-state index in [0.29, 0.717) is 5.75 Å². The minimum Gasteiger partial charge on any atom is -0.506 e. The standard InChI is InChI=1S/C20H26N4O.HI/c1-21-20(22-12-11-17-7-3-2-4-8-17)24-15-13-23(14-16-24)18-9-5-6-10-19(18)25;/h2-10,25H,11-16H2,1H3,(H,21,22);1H. The van der Waals surface area contributed by atoms with Crippen LogP contribution < -0.4 is 10.2 Å². The fraction of sp³-hybridized carbons (Fsp3) is 0.350. The van der Waals surface area contributed by atoms with Gasteiger partial charge in [-0.25, -0.2) is 0 Å². The fourth-order valence-electron chi connectivity index (χ4n) is 3.19. The number of nitrogens with one attached hydrogen (secondary N) is 1. The molecule has 1 heterocycles. The topological polar surface area (TPSA) is 51.1 Å². The maximum atomic E-state index is 10.0. The highest BCUT2D eigenvalue weighted by Crippen LogP contribution is 2.27. The number of hydrogen-bond donors (Lipinski definition) is 2. The van der Waals surface area contributed by atoms with E-state index in [9.17, 15) is 5.11 Å². The molecule has 0 atom stereocenters. The number of benzene rings is 2. The van der Waals surface area contributed by atoms with Crippen LogP contribution >= 0.6 is 24.0 Å². The number of nitrogens with zero attached hydrogens (tertiary/aromatic N) is 3. The Kier molecular flexibility index (Phi) is 8.03. The zero-order valence-electron chi connectivity index (χ0n) is 15.1. The molecule has 0 saturated carbocycles. The Hall–Kier alpha value is -1.96. The second-order valence-electron chi connectivity index (χ2n) is 6.17. The van der Waals surface area contributed by atoms with E-state index >= 15 is 0 Å². The Balaban J connectivity index is 0.00000243. The van der Waals surface area contributed by atoms with Crippen LogP contribution in [0, 0.1) is 0 Å². The normalized spacial score (nSPS) is 14.7. The van der Waals surface area contributed by atoms with Crippen molar-refractivity contribution in [3.8, 4) is 5.75 Å². The molecule has 1 saturated heterocycles. The lowest BCUT2D eigenvalue weighted by Gasteiger charge is -2.37. The molecule has 1 fully saturated rings. The quantitative estimate of drug-likeness (QED) is 0.414. The molecule has 0 aromatic heterocycles. The number of phenolic OH excluding ortho intramolecular Hbond substituents is 1. The number of aromatic hydroxyl groups is 1. The fourth-order valence-corrected chi connectivity index (χ4v) is 3.19. The number of aliphatic imine (C=N–C) groups is 1. The van der Waals surface area contributed by atoms with Crippen molar-refractivity contribution in [3.05, 3.63) is 60.2 Å². The van der Waals surface area contributed by atoms with Gasteiger partial charge in [0.15, 0.2) is 5.96 Å². The van der Waals surface area contributed by atoms with Gasteiger partial charge in [-0.3, -0.25) is 4.99 Å². The van der Waals surface area contributed by atoms with Crippen molar-refractivity contribution in [1.29, 1.82) is 0 Å². The summed E-state index contributed by atoms with van der Waals surface area (Å²) in [7, 11) is 1.83. The van der Waals surface area contributed by atoms with Crippen LogP contribution in [0.25, 0.3) is 0 Å². The average Bonchev–Trinajstić information content (AvgIpc) is 2.67. The number of hydrogen-bond acceptors (Lipinski definition) is 3. The molecule has 0 spiro atoms. The van der Waals surface area contributed by atoms with Crippen LogP contribution in [0.3, 0.4) is 0 Å². The molecule has 2 N–H and O–H groups in total. The van der Waals surface area contributed by atoms with Gasteiger partial charge in [0.2, 0.25) is 0 Å². The molecule has 26 heavy (non-hydrogen) atoms. The molecule has 0 aliphatic carbocycles. The lowest BCUT2D eigenvalue weighted by atomic mass is 10.1. The summed E-state index contributed by atoms with van der Waals surface area (Å²) in [6.45, 7) is 4.39. The number of halogens is 1. The molecule has 2 aromatic carbocycles. The predicted molar refractivity (Wildman–Crippen MR) is 119 cm³/mol. The van der Waals surface area contributed by atoms with Gasteiger partial charge in [-0.1, -0.05) is 42.5 Å². The lowest BCUT2D eigenvalue weighted by Crippen LogP contribution is -2.52. The van der Waals surface area contributed by atoms with Gasteiger partial charge in [0.05, 0.1) is 5.69 Å². The third-order valence-corrected chi connectivity index (χ3v) is 4.55. The van der Waals surface area contributed by atoms with Gasteiger partial charge >= 0.3 is 0 Å². The zero-order chi connectivity index (χ0) is 17.5. The highest BCUT2D eigenvalue weighted by molar-refractivity contribution is 14.0. The molecule has 6 heteroatoms. The van der Waals surface area contributed by atoms with Crippen molar-refractivity contribution >= 4 is 35.6 Å². The molecular weight excluding hydrogens is 439 g/mol. The van der Waals surface area contributed by atoms with Crippen LogP contribution in [0.15, 0.2) is 59.6 Å². The van der Waals surface area contributed by atoms with Crippen molar-refractivity contribution in [3.63, 3.8) is 0 Å². The van der Waals surface area contributed by atoms with Crippen LogP contribution in [0.5, 0.6) is 5.75 Å². The third kappa shape index (κ3) is 5.27. The van der Waals surface area contributed by atoms with Gasteiger partial charge in [0.25, 0.3) is 0 Å². The Bertz CT molecular complexity index is 700. The van der Waals surface area contributed by atoms with Gasteiger partial charge < -0.3 is 20.2 Å². The van der Waals surface area contributed by atoms with Crippen molar-refractivity contribution < 1.29 is 5.11 Å². The summed E-state index contributed by atoms with van der Waals surface area (Å²) in [4.78, 5) is 8.93. The summed E-state index contributed by atoms with van der Waals surface area (Å²) >= 11 is 0. The van der Waals surface area contributed by atoms with E-state index in [1.165, 1.54) is 5.56 Å². The lowest BCUT2D eigenvalue weighted by molar-refractivity contribution is 0.370. The number of rotatable bonds is 4. The number of anilines is 1. The van der Waals surface area contributed by atoms with Crippen LogP contribution in [0.4, 0.5) is 5.69 Å². The Morgan fingerprint density at radius 2 is 1.65 bits per heavy atom. The maximum absolute atomic E-state index is 10.0. The van der Waals surface area contributed by atoms with E-state index in [2.05, 4.69) is 44.4 Å². The van der Waals surface area contributed by atoms with Crippen molar-refractivity contribution in [1.82, 2.24) is 10.2 Å². The SMILES string of the molecule is CN=C(NCCc1ccccc1)N1CCN(c2ccccc2O)CC1.I. The Morgan fingerprint density at radius 3 is 2.31 bits per heavy atom. The van der Waals surface area contributed by atoms with E-state index in [-0.39, 0.29) is 24.0 Å². The highest BCUT2D eigenvalue weighted by Gasteiger charge is 2.21. The second-order valence-corrected chi connectivity index (χ2v) is 6.17. The number of phenols is 1. The molecule has 0 unspecified atom stereocenters. The van der Waals surface area contributed by atoms with Gasteiger partial charge in [0.1, 0.15) is 5.75 Å². The molecule has 0 radical (unpaired) electrons. The van der Waals surface area contributed by atoms with Crippen LogP contribution in [0.1, 0.15) is 5.56 Å². The number of guanidine groups is 1. The summed E-state index contributed by atoms with van der Waals surface area (Å²) in [5.74, 6) is 1.30. The summed E-state index contributed by atoms with van der Waals surface area (Å²) in [6, 6.07) is 18.0. The smallest absolute Gasteiger partial charge is 0.193 e. The van der Waals surface area contributed by atoms with Crippen LogP contribution in [0.2, 0.25) is 0 Å². The molecule has 2 aromatic rings. The summed E-state index contributed by atoms with van der Waals surface area (Å²) in [5.41, 5.74) is 2.24. The van der Waals surface area contributed by atoms with E-state index in [0.717, 1.165) is 50.8 Å². The third-order valence-electron chi connectivity index (χ3n) is 4.55. The first-order valence-electron chi connectivity index (χ1n) is 8.80. The predicted octanol–water partition coefficient (Wildman–Crippen LogP) is 2.95. The highest BCUT2D eigenvalue weighted by atomic mass is 127. The molecule has 3 rings (SSSR count). The van der Waals surface area contributed by atoms with Crippen molar-refractivity contribution in [2.75, 3.05) is 44.7 Å². The van der Waals surface area contributed by atoms with Crippen LogP contribution in [-0.2, 0) is 6.42 Å². The summed E-state index contributed by atoms with van der Waals surface area (Å²) < 4.78 is 0. The monoisotopic (exact) mass is 466 g/mol. The summed E-state index contributed by atoms with van der Waals surface area (Å²) in [6.07, 6.45) is 0.984.